The highest BCUT2D eigenvalue weighted by molar-refractivity contribution is 4.73. The molecule has 0 saturated carbocycles. The molecule has 0 bridgehead atoms. The fourth-order valence-corrected chi connectivity index (χ4v) is 7.24. The van der Waals surface area contributed by atoms with Crippen LogP contribution in [0, 0.1) is 0 Å². The Labute approximate surface area is 325 Å². The second-order valence-corrected chi connectivity index (χ2v) is 17.0. The smallest absolute Gasteiger partial charge is 0.115 e. The number of likely N-dealkylation sites (N-methyl/N-ethyl adjacent to an activating group) is 3. The molecule has 3 unspecified atom stereocenters. The quantitative estimate of drug-likeness (QED) is 0.0520. The number of quaternary nitrogens is 3. The fourth-order valence-electron chi connectivity index (χ4n) is 7.24. The van der Waals surface area contributed by atoms with Crippen LogP contribution in [-0.2, 0) is 0 Å². The van der Waals surface area contributed by atoms with Crippen LogP contribution in [0.4, 0.5) is 0 Å². The van der Waals surface area contributed by atoms with Gasteiger partial charge >= 0.3 is 0 Å². The number of halogens is 3. The van der Waals surface area contributed by atoms with Gasteiger partial charge in [0.15, 0.2) is 0 Å². The Morgan fingerprint density at radius 1 is 0.367 bits per heavy atom. The molecule has 0 aliphatic rings. The lowest BCUT2D eigenvalue weighted by atomic mass is 10.1. The number of aliphatic hydroxyl groups excluding tert-OH is 3. The van der Waals surface area contributed by atoms with Gasteiger partial charge in [0.2, 0.25) is 0 Å². The summed E-state index contributed by atoms with van der Waals surface area (Å²) in [5, 5.41) is 33.9. The van der Waals surface area contributed by atoms with Crippen LogP contribution in [-0.4, -0.2) is 153 Å². The lowest BCUT2D eigenvalue weighted by Crippen LogP contribution is -3.00. The molecular formula is C39H87Cl3N4O3. The van der Waals surface area contributed by atoms with E-state index in [1.807, 2.05) is 0 Å². The average Bonchev–Trinajstić information content (AvgIpc) is 2.93. The maximum Gasteiger partial charge on any atom is 0.115 e. The van der Waals surface area contributed by atoms with E-state index in [1.54, 1.807) is 0 Å². The van der Waals surface area contributed by atoms with Crippen molar-refractivity contribution in [2.75, 3.05) is 101 Å². The summed E-state index contributed by atoms with van der Waals surface area (Å²) in [7, 11) is 13.4. The molecule has 0 aliphatic carbocycles. The Morgan fingerprint density at radius 2 is 0.571 bits per heavy atom. The van der Waals surface area contributed by atoms with Crippen LogP contribution in [0.2, 0.25) is 0 Å². The highest BCUT2D eigenvalue weighted by atomic mass is 35.5. The Bertz CT molecular complexity index is 614. The van der Waals surface area contributed by atoms with E-state index in [0.717, 1.165) is 33.1 Å². The van der Waals surface area contributed by atoms with Gasteiger partial charge in [-0.15, -0.1) is 0 Å². The molecule has 302 valence electrons. The van der Waals surface area contributed by atoms with Crippen LogP contribution in [0.5, 0.6) is 0 Å². The van der Waals surface area contributed by atoms with Crippen molar-refractivity contribution in [1.29, 1.82) is 0 Å². The van der Waals surface area contributed by atoms with E-state index in [0.29, 0.717) is 39.3 Å². The van der Waals surface area contributed by atoms with Gasteiger partial charge in [-0.3, -0.25) is 4.90 Å². The summed E-state index contributed by atoms with van der Waals surface area (Å²) < 4.78 is 2.41. The molecule has 0 fully saturated rings. The number of aliphatic hydroxyl groups is 3. The van der Waals surface area contributed by atoms with Crippen molar-refractivity contribution in [3.63, 3.8) is 0 Å². The van der Waals surface area contributed by atoms with Gasteiger partial charge in [0.05, 0.1) is 61.9 Å². The van der Waals surface area contributed by atoms with Crippen molar-refractivity contribution in [2.45, 2.75) is 155 Å². The average molecular weight is 767 g/mol. The summed E-state index contributed by atoms with van der Waals surface area (Å²) >= 11 is 0. The van der Waals surface area contributed by atoms with Crippen LogP contribution < -0.4 is 37.2 Å². The van der Waals surface area contributed by atoms with E-state index < -0.39 is 18.3 Å². The van der Waals surface area contributed by atoms with Gasteiger partial charge in [-0.25, -0.2) is 0 Å². The third kappa shape index (κ3) is 35.4. The number of rotatable bonds is 33. The molecule has 0 heterocycles. The van der Waals surface area contributed by atoms with Crippen LogP contribution in [0.25, 0.3) is 0 Å². The maximum absolute atomic E-state index is 11.3. The molecule has 0 rings (SSSR count). The second kappa shape index (κ2) is 33.2. The first-order valence-electron chi connectivity index (χ1n) is 19.9. The number of nitrogens with zero attached hydrogens (tertiary/aromatic N) is 4. The summed E-state index contributed by atoms with van der Waals surface area (Å²) in [4.78, 5) is 2.15. The van der Waals surface area contributed by atoms with Crippen molar-refractivity contribution < 1.29 is 66.0 Å². The third-order valence-corrected chi connectivity index (χ3v) is 9.87. The van der Waals surface area contributed by atoms with Gasteiger partial charge in [0.1, 0.15) is 37.9 Å². The predicted octanol–water partition coefficient (Wildman–Crippen LogP) is -2.31. The van der Waals surface area contributed by atoms with E-state index in [2.05, 4.69) is 68.0 Å². The van der Waals surface area contributed by atoms with Crippen molar-refractivity contribution in [1.82, 2.24) is 4.90 Å². The zero-order valence-corrected chi connectivity index (χ0v) is 36.4. The highest BCUT2D eigenvalue weighted by Crippen LogP contribution is 2.14. The molecule has 0 aromatic rings. The van der Waals surface area contributed by atoms with Crippen molar-refractivity contribution in [3.05, 3.63) is 0 Å². The van der Waals surface area contributed by atoms with E-state index in [1.165, 1.54) is 116 Å². The lowest BCUT2D eigenvalue weighted by Gasteiger charge is -2.37. The molecule has 7 nitrogen and oxygen atoms in total. The molecule has 0 aromatic carbocycles. The molecule has 0 aromatic heterocycles. The second-order valence-electron chi connectivity index (χ2n) is 17.0. The molecular weight excluding hydrogens is 679 g/mol. The summed E-state index contributed by atoms with van der Waals surface area (Å²) in [6.07, 6.45) is 21.6. The SMILES string of the molecule is CCCCCCCC[N+](C)(C)CC(O)CN(CC(O)C[N+](C)(C)CCCCCCCC)CC(O)C[N+](C)(C)CCCCCCCC.[Cl-].[Cl-].[Cl-]. The van der Waals surface area contributed by atoms with Gasteiger partial charge < -0.3 is 66.0 Å². The van der Waals surface area contributed by atoms with Crippen LogP contribution >= 0.6 is 0 Å². The van der Waals surface area contributed by atoms with Crippen LogP contribution in [0.3, 0.4) is 0 Å². The first-order chi connectivity index (χ1) is 21.6. The van der Waals surface area contributed by atoms with E-state index in [9.17, 15) is 15.3 Å². The van der Waals surface area contributed by atoms with E-state index in [-0.39, 0.29) is 37.2 Å². The van der Waals surface area contributed by atoms with Crippen molar-refractivity contribution in [3.8, 4) is 0 Å². The van der Waals surface area contributed by atoms with Gasteiger partial charge in [-0.2, -0.15) is 0 Å². The predicted molar refractivity (Wildman–Crippen MR) is 200 cm³/mol. The molecule has 0 saturated heterocycles. The summed E-state index contributed by atoms with van der Waals surface area (Å²) in [5.41, 5.74) is 0. The van der Waals surface area contributed by atoms with E-state index >= 15 is 0 Å². The Morgan fingerprint density at radius 3 is 0.796 bits per heavy atom. The topological polar surface area (TPSA) is 63.9 Å². The number of hydrogen-bond acceptors (Lipinski definition) is 4. The first-order valence-corrected chi connectivity index (χ1v) is 19.9. The summed E-state index contributed by atoms with van der Waals surface area (Å²) in [5.74, 6) is 0. The third-order valence-electron chi connectivity index (χ3n) is 9.87. The molecule has 0 amide bonds. The van der Waals surface area contributed by atoms with Gasteiger partial charge in [0, 0.05) is 19.6 Å². The number of unbranched alkanes of at least 4 members (excludes halogenated alkanes) is 15. The normalized spacial score (nSPS) is 14.1. The molecule has 3 atom stereocenters. The molecule has 3 N–H and O–H groups in total. The standard InChI is InChI=1S/C39H87N4O3.3ClH/c1-10-13-16-19-22-25-28-41(4,5)34-37(44)31-40(32-38(45)35-42(6,7)29-26-23-20-17-14-11-2)33-39(46)36-43(8,9)30-27-24-21-18-15-12-3;;;/h37-39,44-46H,10-36H2,1-9H3;3*1H/q+3;;;/p-3. The van der Waals surface area contributed by atoms with Gasteiger partial charge in [-0.1, -0.05) is 97.8 Å². The Kier molecular flexibility index (Phi) is 38.1. The fraction of sp³-hybridized carbons (Fsp3) is 1.00. The molecule has 0 spiro atoms. The van der Waals surface area contributed by atoms with Gasteiger partial charge in [0.25, 0.3) is 0 Å². The first kappa shape index (κ1) is 56.3. The minimum absolute atomic E-state index is 0. The van der Waals surface area contributed by atoms with Crippen LogP contribution in [0.1, 0.15) is 136 Å². The molecule has 0 aliphatic heterocycles. The summed E-state index contributed by atoms with van der Waals surface area (Å²) in [6.45, 7) is 13.5. The largest absolute Gasteiger partial charge is 1.00 e. The Balaban J connectivity index is -0.00000337. The molecule has 0 radical (unpaired) electrons. The monoisotopic (exact) mass is 765 g/mol. The van der Waals surface area contributed by atoms with Crippen molar-refractivity contribution in [2.24, 2.45) is 0 Å². The highest BCUT2D eigenvalue weighted by Gasteiger charge is 2.29. The minimum Gasteiger partial charge on any atom is -1.00 e. The van der Waals surface area contributed by atoms with Crippen LogP contribution in [0.15, 0.2) is 0 Å². The minimum atomic E-state index is -0.495. The Hall–Kier alpha value is 0.590. The molecule has 49 heavy (non-hydrogen) atoms. The molecule has 10 heteroatoms. The summed E-state index contributed by atoms with van der Waals surface area (Å²) in [6, 6.07) is 0. The lowest BCUT2D eigenvalue weighted by molar-refractivity contribution is -0.894. The maximum atomic E-state index is 11.3. The van der Waals surface area contributed by atoms with Gasteiger partial charge in [-0.05, 0) is 38.5 Å². The zero-order valence-electron chi connectivity index (χ0n) is 34.1. The zero-order chi connectivity index (χ0) is 34.9. The van der Waals surface area contributed by atoms with E-state index in [4.69, 9.17) is 0 Å². The number of hydrogen-bond donors (Lipinski definition) is 3. The van der Waals surface area contributed by atoms with Crippen molar-refractivity contribution >= 4 is 0 Å².